The van der Waals surface area contributed by atoms with E-state index < -0.39 is 0 Å². The van der Waals surface area contributed by atoms with Crippen LogP contribution in [0.5, 0.6) is 0 Å². The molecule has 0 bridgehead atoms. The number of halogens is 3. The second-order valence-corrected chi connectivity index (χ2v) is 4.44. The van der Waals surface area contributed by atoms with Crippen LogP contribution in [0, 0.1) is 5.82 Å². The third-order valence-corrected chi connectivity index (χ3v) is 2.93. The topological polar surface area (TPSA) is 12.0 Å². The molecule has 17 heavy (non-hydrogen) atoms. The molecule has 0 saturated heterocycles. The van der Waals surface area contributed by atoms with Gasteiger partial charge in [0.1, 0.15) is 5.82 Å². The number of rotatable bonds is 3. The molecule has 0 aliphatic carbocycles. The predicted molar refractivity (Wildman–Crippen MR) is 70.2 cm³/mol. The Morgan fingerprint density at radius 3 is 2.35 bits per heavy atom. The van der Waals surface area contributed by atoms with E-state index in [0.29, 0.717) is 16.6 Å². The Morgan fingerprint density at radius 1 is 1.00 bits per heavy atom. The highest BCUT2D eigenvalue weighted by molar-refractivity contribution is 6.35. The van der Waals surface area contributed by atoms with Gasteiger partial charge in [-0.05, 0) is 42.0 Å². The van der Waals surface area contributed by atoms with Crippen molar-refractivity contribution in [3.05, 3.63) is 63.9 Å². The summed E-state index contributed by atoms with van der Waals surface area (Å²) < 4.78 is 12.7. The fraction of sp³-hybridized carbons (Fsp3) is 0.0769. The molecule has 0 amide bonds. The second-order valence-electron chi connectivity index (χ2n) is 3.60. The summed E-state index contributed by atoms with van der Waals surface area (Å²) in [5.41, 5.74) is 1.79. The lowest BCUT2D eigenvalue weighted by Gasteiger charge is -2.08. The molecule has 2 rings (SSSR count). The van der Waals surface area contributed by atoms with Gasteiger partial charge in [0.15, 0.2) is 0 Å². The second kappa shape index (κ2) is 5.39. The van der Waals surface area contributed by atoms with Gasteiger partial charge >= 0.3 is 0 Å². The van der Waals surface area contributed by atoms with E-state index >= 15 is 0 Å². The molecule has 1 N–H and O–H groups in total. The van der Waals surface area contributed by atoms with Crippen molar-refractivity contribution in [1.82, 2.24) is 0 Å². The van der Waals surface area contributed by atoms with Gasteiger partial charge in [0.2, 0.25) is 0 Å². The lowest BCUT2D eigenvalue weighted by Crippen LogP contribution is -1.99. The van der Waals surface area contributed by atoms with Crippen molar-refractivity contribution in [1.29, 1.82) is 0 Å². The van der Waals surface area contributed by atoms with Crippen LogP contribution in [-0.2, 0) is 6.54 Å². The van der Waals surface area contributed by atoms with Crippen molar-refractivity contribution in [2.75, 3.05) is 5.32 Å². The molecular formula is C13H10Cl2FN. The molecule has 2 aromatic rings. The number of benzene rings is 2. The van der Waals surface area contributed by atoms with Gasteiger partial charge < -0.3 is 5.32 Å². The molecule has 88 valence electrons. The van der Waals surface area contributed by atoms with Gasteiger partial charge in [0.25, 0.3) is 0 Å². The third-order valence-electron chi connectivity index (χ3n) is 2.34. The summed E-state index contributed by atoms with van der Waals surface area (Å²) in [4.78, 5) is 0. The Morgan fingerprint density at radius 2 is 1.71 bits per heavy atom. The zero-order valence-corrected chi connectivity index (χ0v) is 10.4. The van der Waals surface area contributed by atoms with Crippen molar-refractivity contribution in [2.24, 2.45) is 0 Å². The molecule has 0 unspecified atom stereocenters. The molecule has 0 aliphatic rings. The van der Waals surface area contributed by atoms with Crippen LogP contribution in [0.25, 0.3) is 0 Å². The monoisotopic (exact) mass is 269 g/mol. The maximum atomic E-state index is 12.7. The van der Waals surface area contributed by atoms with Gasteiger partial charge in [-0.1, -0.05) is 29.3 Å². The number of nitrogens with one attached hydrogen (secondary N) is 1. The van der Waals surface area contributed by atoms with Crippen molar-refractivity contribution >= 4 is 28.9 Å². The normalized spacial score (nSPS) is 10.3. The molecule has 1 nitrogen and oxygen atoms in total. The molecule has 0 saturated carbocycles. The SMILES string of the molecule is Fc1ccc(NCc2ccc(Cl)cc2Cl)cc1. The van der Waals surface area contributed by atoms with Crippen LogP contribution in [0.3, 0.4) is 0 Å². The van der Waals surface area contributed by atoms with E-state index in [9.17, 15) is 4.39 Å². The maximum absolute atomic E-state index is 12.7. The van der Waals surface area contributed by atoms with Crippen molar-refractivity contribution < 1.29 is 4.39 Å². The van der Waals surface area contributed by atoms with Crippen LogP contribution >= 0.6 is 23.2 Å². The van der Waals surface area contributed by atoms with Crippen molar-refractivity contribution in [3.8, 4) is 0 Å². The summed E-state index contributed by atoms with van der Waals surface area (Å²) in [6.45, 7) is 0.571. The minimum absolute atomic E-state index is 0.250. The van der Waals surface area contributed by atoms with E-state index in [4.69, 9.17) is 23.2 Å². The zero-order chi connectivity index (χ0) is 12.3. The van der Waals surface area contributed by atoms with Gasteiger partial charge in [-0.3, -0.25) is 0 Å². The van der Waals surface area contributed by atoms with Gasteiger partial charge in [0.05, 0.1) is 0 Å². The Balaban J connectivity index is 2.04. The molecule has 4 heteroatoms. The first-order valence-electron chi connectivity index (χ1n) is 5.08. The highest BCUT2D eigenvalue weighted by Gasteiger charge is 2.01. The largest absolute Gasteiger partial charge is 0.381 e. The van der Waals surface area contributed by atoms with Gasteiger partial charge in [0, 0.05) is 22.3 Å². The van der Waals surface area contributed by atoms with Gasteiger partial charge in [-0.25, -0.2) is 4.39 Å². The van der Waals surface area contributed by atoms with Crippen LogP contribution in [0.1, 0.15) is 5.56 Å². The zero-order valence-electron chi connectivity index (χ0n) is 8.88. The first-order chi connectivity index (χ1) is 8.15. The first kappa shape index (κ1) is 12.2. The summed E-state index contributed by atoms with van der Waals surface area (Å²) in [5, 5.41) is 4.38. The van der Waals surface area contributed by atoms with Crippen LogP contribution in [0.4, 0.5) is 10.1 Å². The van der Waals surface area contributed by atoms with E-state index in [-0.39, 0.29) is 5.82 Å². The summed E-state index contributed by atoms with van der Waals surface area (Å²) in [7, 11) is 0. The average molecular weight is 270 g/mol. The van der Waals surface area contributed by atoms with Crippen molar-refractivity contribution in [2.45, 2.75) is 6.54 Å². The first-order valence-corrected chi connectivity index (χ1v) is 5.84. The fourth-order valence-corrected chi connectivity index (χ4v) is 1.91. The Hall–Kier alpha value is -1.25. The Kier molecular flexibility index (Phi) is 3.87. The van der Waals surface area contributed by atoms with E-state index in [0.717, 1.165) is 11.3 Å². The Bertz CT molecular complexity index is 511. The summed E-state index contributed by atoms with van der Waals surface area (Å²) in [5.74, 6) is -0.250. The van der Waals surface area contributed by atoms with Crippen LogP contribution in [0.15, 0.2) is 42.5 Å². The molecule has 0 aliphatic heterocycles. The van der Waals surface area contributed by atoms with E-state index in [1.54, 1.807) is 24.3 Å². The molecule has 0 radical (unpaired) electrons. The molecule has 0 atom stereocenters. The van der Waals surface area contributed by atoms with E-state index in [2.05, 4.69) is 5.32 Å². The average Bonchev–Trinajstić information content (AvgIpc) is 2.30. The molecule has 0 spiro atoms. The van der Waals surface area contributed by atoms with E-state index in [1.165, 1.54) is 12.1 Å². The summed E-state index contributed by atoms with van der Waals surface area (Å²) >= 11 is 11.8. The van der Waals surface area contributed by atoms with Gasteiger partial charge in [-0.15, -0.1) is 0 Å². The maximum Gasteiger partial charge on any atom is 0.123 e. The molecule has 2 aromatic carbocycles. The van der Waals surface area contributed by atoms with Crippen LogP contribution in [-0.4, -0.2) is 0 Å². The van der Waals surface area contributed by atoms with E-state index in [1.807, 2.05) is 6.07 Å². The fourth-order valence-electron chi connectivity index (χ4n) is 1.43. The lowest BCUT2D eigenvalue weighted by atomic mass is 10.2. The minimum Gasteiger partial charge on any atom is -0.381 e. The smallest absolute Gasteiger partial charge is 0.123 e. The number of anilines is 1. The highest BCUT2D eigenvalue weighted by atomic mass is 35.5. The summed E-state index contributed by atoms with van der Waals surface area (Å²) in [6, 6.07) is 11.5. The van der Waals surface area contributed by atoms with Crippen molar-refractivity contribution in [3.63, 3.8) is 0 Å². The highest BCUT2D eigenvalue weighted by Crippen LogP contribution is 2.22. The standard InChI is InChI=1S/C13H10Cl2FN/c14-10-2-1-9(13(15)7-10)8-17-12-5-3-11(16)4-6-12/h1-7,17H,8H2. The van der Waals surface area contributed by atoms with Gasteiger partial charge in [-0.2, -0.15) is 0 Å². The third kappa shape index (κ3) is 3.35. The number of hydrogen-bond acceptors (Lipinski definition) is 1. The minimum atomic E-state index is -0.250. The van der Waals surface area contributed by atoms with Crippen LogP contribution < -0.4 is 5.32 Å². The predicted octanol–water partition coefficient (Wildman–Crippen LogP) is 4.74. The lowest BCUT2D eigenvalue weighted by molar-refractivity contribution is 0.628. The molecular weight excluding hydrogens is 260 g/mol. The molecule has 0 fully saturated rings. The molecule has 0 heterocycles. The summed E-state index contributed by atoms with van der Waals surface area (Å²) in [6.07, 6.45) is 0. The Labute approximate surface area is 109 Å². The van der Waals surface area contributed by atoms with Crippen LogP contribution in [0.2, 0.25) is 10.0 Å². The molecule has 0 aromatic heterocycles. The number of hydrogen-bond donors (Lipinski definition) is 1. The quantitative estimate of drug-likeness (QED) is 0.849.